The Hall–Kier alpha value is -2.71. The number of benzene rings is 2. The van der Waals surface area contributed by atoms with E-state index in [1.54, 1.807) is 7.05 Å². The fourth-order valence-corrected chi connectivity index (χ4v) is 4.73. The third kappa shape index (κ3) is 5.25. The van der Waals surface area contributed by atoms with Gasteiger partial charge in [-0.3, -0.25) is 4.79 Å². The quantitative estimate of drug-likeness (QED) is 0.631. The van der Waals surface area contributed by atoms with Gasteiger partial charge in [-0.1, -0.05) is 29.8 Å². The number of likely N-dealkylation sites (N-methyl/N-ethyl adjacent to an activating group) is 1. The fourth-order valence-electron chi connectivity index (χ4n) is 3.22. The molecule has 30 heavy (non-hydrogen) atoms. The predicted molar refractivity (Wildman–Crippen MR) is 112 cm³/mol. The van der Waals surface area contributed by atoms with E-state index in [9.17, 15) is 18.0 Å². The third-order valence-corrected chi connectivity index (χ3v) is 7.00. The molecule has 0 N–H and O–H groups in total. The molecule has 0 aliphatic carbocycles. The Balaban J connectivity index is 1.54. The van der Waals surface area contributed by atoms with Gasteiger partial charge in [0.25, 0.3) is 5.91 Å². The molecule has 0 bridgehead atoms. The molecular formula is C22H26N2O5S. The fraction of sp³-hybridized carbons (Fsp3) is 0.364. The minimum absolute atomic E-state index is 0.148. The molecule has 0 spiro atoms. The van der Waals surface area contributed by atoms with Crippen LogP contribution in [0.5, 0.6) is 0 Å². The highest BCUT2D eigenvalue weighted by Gasteiger charge is 2.27. The lowest BCUT2D eigenvalue weighted by molar-refractivity contribution is -0.133. The lowest BCUT2D eigenvalue weighted by Gasteiger charge is -2.17. The Bertz CT molecular complexity index is 995. The highest BCUT2D eigenvalue weighted by atomic mass is 32.2. The lowest BCUT2D eigenvalue weighted by Crippen LogP contribution is -2.30. The average molecular weight is 431 g/mol. The van der Waals surface area contributed by atoms with Crippen molar-refractivity contribution in [1.82, 2.24) is 9.21 Å². The van der Waals surface area contributed by atoms with Crippen LogP contribution in [0.4, 0.5) is 0 Å². The largest absolute Gasteiger partial charge is 0.452 e. The molecule has 0 aromatic heterocycles. The first-order chi connectivity index (χ1) is 14.3. The topological polar surface area (TPSA) is 84.0 Å². The smallest absolute Gasteiger partial charge is 0.338 e. The van der Waals surface area contributed by atoms with E-state index < -0.39 is 16.0 Å². The van der Waals surface area contributed by atoms with Crippen LogP contribution in [-0.4, -0.2) is 56.2 Å². The first kappa shape index (κ1) is 22.0. The highest BCUT2D eigenvalue weighted by Crippen LogP contribution is 2.21. The molecule has 1 fully saturated rings. The number of carbonyl (C=O) groups is 2. The minimum atomic E-state index is -3.53. The summed E-state index contributed by atoms with van der Waals surface area (Å²) in [6.07, 6.45) is 1.71. The Labute approximate surface area is 177 Å². The van der Waals surface area contributed by atoms with Gasteiger partial charge in [-0.25, -0.2) is 13.2 Å². The predicted octanol–water partition coefficient (Wildman–Crippen LogP) is 2.59. The van der Waals surface area contributed by atoms with E-state index in [2.05, 4.69) is 0 Å². The van der Waals surface area contributed by atoms with Gasteiger partial charge in [0, 0.05) is 26.7 Å². The van der Waals surface area contributed by atoms with Gasteiger partial charge in [0.2, 0.25) is 10.0 Å². The Kier molecular flexibility index (Phi) is 6.89. The number of ether oxygens (including phenoxy) is 1. The van der Waals surface area contributed by atoms with Crippen molar-refractivity contribution in [3.05, 3.63) is 65.2 Å². The number of hydrogen-bond donors (Lipinski definition) is 0. The molecule has 0 saturated carbocycles. The van der Waals surface area contributed by atoms with Crippen molar-refractivity contribution in [1.29, 1.82) is 0 Å². The van der Waals surface area contributed by atoms with Gasteiger partial charge in [-0.05, 0) is 49.6 Å². The molecule has 1 heterocycles. The zero-order chi connectivity index (χ0) is 21.7. The summed E-state index contributed by atoms with van der Waals surface area (Å²) in [6.45, 7) is 3.07. The van der Waals surface area contributed by atoms with Gasteiger partial charge in [0.15, 0.2) is 6.61 Å². The molecule has 0 atom stereocenters. The molecule has 0 unspecified atom stereocenters. The van der Waals surface area contributed by atoms with Crippen molar-refractivity contribution < 1.29 is 22.7 Å². The zero-order valence-corrected chi connectivity index (χ0v) is 18.0. The number of carbonyl (C=O) groups excluding carboxylic acids is 2. The van der Waals surface area contributed by atoms with Crippen molar-refractivity contribution in [3.63, 3.8) is 0 Å². The van der Waals surface area contributed by atoms with Gasteiger partial charge in [-0.2, -0.15) is 4.31 Å². The van der Waals surface area contributed by atoms with Gasteiger partial charge in [0.1, 0.15) is 0 Å². The van der Waals surface area contributed by atoms with Crippen LogP contribution in [-0.2, 0) is 26.1 Å². The summed E-state index contributed by atoms with van der Waals surface area (Å²) >= 11 is 0. The van der Waals surface area contributed by atoms with Crippen molar-refractivity contribution in [2.75, 3.05) is 26.7 Å². The monoisotopic (exact) mass is 430 g/mol. The van der Waals surface area contributed by atoms with Crippen LogP contribution in [0.2, 0.25) is 0 Å². The maximum atomic E-state index is 12.5. The Morgan fingerprint density at radius 1 is 1.00 bits per heavy atom. The summed E-state index contributed by atoms with van der Waals surface area (Å²) < 4.78 is 31.6. The van der Waals surface area contributed by atoms with Crippen LogP contribution in [0, 0.1) is 6.92 Å². The van der Waals surface area contributed by atoms with E-state index in [0.29, 0.717) is 19.6 Å². The molecule has 1 saturated heterocycles. The second-order valence-corrected chi connectivity index (χ2v) is 9.39. The van der Waals surface area contributed by atoms with Crippen LogP contribution in [0.1, 0.15) is 34.3 Å². The van der Waals surface area contributed by atoms with Crippen molar-refractivity contribution >= 4 is 21.9 Å². The summed E-state index contributed by atoms with van der Waals surface area (Å²) in [5.41, 5.74) is 2.32. The van der Waals surface area contributed by atoms with Crippen LogP contribution in [0.15, 0.2) is 53.4 Å². The summed E-state index contributed by atoms with van der Waals surface area (Å²) in [6, 6.07) is 13.5. The maximum absolute atomic E-state index is 12.5. The molecule has 1 aliphatic heterocycles. The van der Waals surface area contributed by atoms with Gasteiger partial charge in [-0.15, -0.1) is 0 Å². The van der Waals surface area contributed by atoms with E-state index in [1.165, 1.54) is 33.5 Å². The van der Waals surface area contributed by atoms with E-state index in [4.69, 9.17) is 4.74 Å². The van der Waals surface area contributed by atoms with Crippen molar-refractivity contribution in [3.8, 4) is 0 Å². The second kappa shape index (κ2) is 9.40. The van der Waals surface area contributed by atoms with Crippen LogP contribution < -0.4 is 0 Å². The molecular weight excluding hydrogens is 404 g/mol. The standard InChI is InChI=1S/C22H26N2O5S/c1-17-5-7-18(8-6-17)15-23(2)21(25)16-29-22(26)19-9-11-20(12-10-19)30(27,28)24-13-3-4-14-24/h5-12H,3-4,13-16H2,1-2H3. The number of rotatable bonds is 7. The molecule has 3 rings (SSSR count). The number of amides is 1. The maximum Gasteiger partial charge on any atom is 0.338 e. The van der Waals surface area contributed by atoms with Crippen molar-refractivity contribution in [2.24, 2.45) is 0 Å². The summed E-state index contributed by atoms with van der Waals surface area (Å²) in [5.74, 6) is -0.991. The molecule has 2 aromatic rings. The lowest BCUT2D eigenvalue weighted by atomic mass is 10.1. The third-order valence-electron chi connectivity index (χ3n) is 5.09. The number of sulfonamides is 1. The Morgan fingerprint density at radius 3 is 2.20 bits per heavy atom. The Morgan fingerprint density at radius 2 is 1.60 bits per heavy atom. The number of esters is 1. The summed E-state index contributed by atoms with van der Waals surface area (Å²) in [7, 11) is -1.88. The van der Waals surface area contributed by atoms with Crippen LogP contribution in [0.25, 0.3) is 0 Å². The molecule has 2 aromatic carbocycles. The molecule has 1 amide bonds. The SMILES string of the molecule is Cc1ccc(CN(C)C(=O)COC(=O)c2ccc(S(=O)(=O)N3CCCC3)cc2)cc1. The van der Waals surface area contributed by atoms with E-state index in [-0.39, 0.29) is 23.0 Å². The zero-order valence-electron chi connectivity index (χ0n) is 17.2. The highest BCUT2D eigenvalue weighted by molar-refractivity contribution is 7.89. The molecule has 1 aliphatic rings. The number of nitrogens with zero attached hydrogens (tertiary/aromatic N) is 2. The average Bonchev–Trinajstić information content (AvgIpc) is 3.29. The normalized spacial score (nSPS) is 14.5. The molecule has 160 valence electrons. The minimum Gasteiger partial charge on any atom is -0.452 e. The van der Waals surface area contributed by atoms with Gasteiger partial charge >= 0.3 is 5.97 Å². The van der Waals surface area contributed by atoms with E-state index >= 15 is 0 Å². The van der Waals surface area contributed by atoms with E-state index in [1.807, 2.05) is 31.2 Å². The van der Waals surface area contributed by atoms with Gasteiger partial charge in [0.05, 0.1) is 10.5 Å². The van der Waals surface area contributed by atoms with E-state index in [0.717, 1.165) is 24.0 Å². The number of hydrogen-bond acceptors (Lipinski definition) is 5. The first-order valence-electron chi connectivity index (χ1n) is 9.84. The second-order valence-electron chi connectivity index (χ2n) is 7.45. The molecule has 8 heteroatoms. The van der Waals surface area contributed by atoms with Crippen LogP contribution >= 0.6 is 0 Å². The van der Waals surface area contributed by atoms with Crippen molar-refractivity contribution in [2.45, 2.75) is 31.2 Å². The molecule has 7 nitrogen and oxygen atoms in total. The first-order valence-corrected chi connectivity index (χ1v) is 11.3. The summed E-state index contributed by atoms with van der Waals surface area (Å²) in [4.78, 5) is 26.1. The molecule has 0 radical (unpaired) electrons. The summed E-state index contributed by atoms with van der Waals surface area (Å²) in [5, 5.41) is 0. The number of aryl methyl sites for hydroxylation is 1. The van der Waals surface area contributed by atoms with Crippen LogP contribution in [0.3, 0.4) is 0 Å². The van der Waals surface area contributed by atoms with Gasteiger partial charge < -0.3 is 9.64 Å².